The summed E-state index contributed by atoms with van der Waals surface area (Å²) in [6.07, 6.45) is 0. The highest BCUT2D eigenvalue weighted by Gasteiger charge is 2.23. The molecule has 0 atom stereocenters. The van der Waals surface area contributed by atoms with Crippen LogP contribution in [0.15, 0.2) is 40.1 Å². The number of nitrogens with zero attached hydrogens (tertiary/aromatic N) is 3. The summed E-state index contributed by atoms with van der Waals surface area (Å²) < 4.78 is 10.9. The van der Waals surface area contributed by atoms with Gasteiger partial charge in [0.2, 0.25) is 0 Å². The van der Waals surface area contributed by atoms with Gasteiger partial charge in [-0.05, 0) is 25.1 Å². The number of hydrogen-bond acceptors (Lipinski definition) is 8. The van der Waals surface area contributed by atoms with Crippen molar-refractivity contribution in [1.82, 2.24) is 4.98 Å². The molecule has 0 spiro atoms. The van der Waals surface area contributed by atoms with E-state index in [4.69, 9.17) is 9.15 Å². The number of morpholine rings is 1. The van der Waals surface area contributed by atoms with Crippen molar-refractivity contribution < 1.29 is 18.9 Å². The van der Waals surface area contributed by atoms with Crippen LogP contribution in [0.3, 0.4) is 0 Å². The van der Waals surface area contributed by atoms with E-state index in [1.807, 2.05) is 24.0 Å². The zero-order chi connectivity index (χ0) is 20.4. The lowest BCUT2D eigenvalue weighted by atomic mass is 10.1. The molecule has 0 bridgehead atoms. The van der Waals surface area contributed by atoms with Gasteiger partial charge in [0.05, 0.1) is 29.4 Å². The van der Waals surface area contributed by atoms with Gasteiger partial charge in [0.25, 0.3) is 11.6 Å². The molecule has 4 rings (SSSR count). The summed E-state index contributed by atoms with van der Waals surface area (Å²) >= 11 is 1.26. The fourth-order valence-electron chi connectivity index (χ4n) is 3.08. The van der Waals surface area contributed by atoms with Gasteiger partial charge in [-0.15, -0.1) is 11.3 Å². The van der Waals surface area contributed by atoms with Gasteiger partial charge >= 0.3 is 0 Å². The third-order valence-electron chi connectivity index (χ3n) is 4.50. The van der Waals surface area contributed by atoms with Crippen molar-refractivity contribution in [3.8, 4) is 11.5 Å². The number of benzene rings is 1. The van der Waals surface area contributed by atoms with Gasteiger partial charge in [-0.25, -0.2) is 4.98 Å². The highest BCUT2D eigenvalue weighted by molar-refractivity contribution is 7.14. The molecule has 9 nitrogen and oxygen atoms in total. The highest BCUT2D eigenvalue weighted by atomic mass is 32.1. The Kier molecular flexibility index (Phi) is 5.28. The quantitative estimate of drug-likeness (QED) is 0.500. The molecule has 0 unspecified atom stereocenters. The number of carbonyl (C=O) groups excluding carboxylic acids is 1. The van der Waals surface area contributed by atoms with Crippen LogP contribution in [0, 0.1) is 17.0 Å². The standard InChI is InChI=1S/C19H18N4O5S/c1-12-2-5-17(28-12)15-11-29-19(20-15)21-18(24)14-10-13(23(25)26)3-4-16(14)22-6-8-27-9-7-22/h2-5,10-11H,6-9H2,1H3,(H,20,21,24). The molecule has 1 fully saturated rings. The molecule has 1 aromatic carbocycles. The molecular formula is C19H18N4O5S. The minimum atomic E-state index is -0.513. The number of amides is 1. The number of hydrogen-bond donors (Lipinski definition) is 1. The van der Waals surface area contributed by atoms with Crippen LogP contribution in [-0.4, -0.2) is 42.1 Å². The molecule has 10 heteroatoms. The molecule has 1 amide bonds. The van der Waals surface area contributed by atoms with E-state index in [2.05, 4.69) is 10.3 Å². The monoisotopic (exact) mass is 414 g/mol. The van der Waals surface area contributed by atoms with Crippen LogP contribution in [0.1, 0.15) is 16.1 Å². The predicted molar refractivity (Wildman–Crippen MR) is 109 cm³/mol. The fraction of sp³-hybridized carbons (Fsp3) is 0.263. The van der Waals surface area contributed by atoms with Gasteiger partial charge in [-0.2, -0.15) is 0 Å². The summed E-state index contributed by atoms with van der Waals surface area (Å²) in [6.45, 7) is 4.13. The number of aromatic nitrogens is 1. The lowest BCUT2D eigenvalue weighted by molar-refractivity contribution is -0.384. The Morgan fingerprint density at radius 1 is 1.28 bits per heavy atom. The van der Waals surface area contributed by atoms with E-state index < -0.39 is 10.8 Å². The minimum Gasteiger partial charge on any atom is -0.460 e. The number of non-ortho nitro benzene ring substituents is 1. The lowest BCUT2D eigenvalue weighted by Gasteiger charge is -2.30. The van der Waals surface area contributed by atoms with Gasteiger partial charge in [0.1, 0.15) is 11.5 Å². The van der Waals surface area contributed by atoms with Crippen LogP contribution >= 0.6 is 11.3 Å². The van der Waals surface area contributed by atoms with Gasteiger partial charge < -0.3 is 14.1 Å². The van der Waals surface area contributed by atoms with Crippen LogP contribution in [0.2, 0.25) is 0 Å². The first-order valence-corrected chi connectivity index (χ1v) is 9.84. The Morgan fingerprint density at radius 3 is 2.76 bits per heavy atom. The maximum Gasteiger partial charge on any atom is 0.270 e. The summed E-state index contributed by atoms with van der Waals surface area (Å²) in [4.78, 5) is 30.0. The van der Waals surface area contributed by atoms with Crippen molar-refractivity contribution in [2.24, 2.45) is 0 Å². The van der Waals surface area contributed by atoms with Gasteiger partial charge in [-0.3, -0.25) is 20.2 Å². The number of aryl methyl sites for hydroxylation is 1. The highest BCUT2D eigenvalue weighted by Crippen LogP contribution is 2.30. The van der Waals surface area contributed by atoms with Gasteiger partial charge in [0.15, 0.2) is 10.9 Å². The smallest absolute Gasteiger partial charge is 0.270 e. The van der Waals surface area contributed by atoms with E-state index in [0.29, 0.717) is 48.6 Å². The minimum absolute atomic E-state index is 0.141. The van der Waals surface area contributed by atoms with Gasteiger partial charge in [-0.1, -0.05) is 0 Å². The van der Waals surface area contributed by atoms with Crippen molar-refractivity contribution in [2.45, 2.75) is 6.92 Å². The second-order valence-electron chi connectivity index (χ2n) is 6.46. The molecule has 0 radical (unpaired) electrons. The van der Waals surface area contributed by atoms with E-state index in [1.54, 1.807) is 11.4 Å². The Labute approximate surface area is 170 Å². The number of nitrogens with one attached hydrogen (secondary N) is 1. The molecule has 0 saturated carbocycles. The van der Waals surface area contributed by atoms with Crippen LogP contribution in [0.25, 0.3) is 11.5 Å². The average molecular weight is 414 g/mol. The number of nitro groups is 1. The molecule has 1 aliphatic heterocycles. The summed E-state index contributed by atoms with van der Waals surface area (Å²) in [5.74, 6) is 0.931. The predicted octanol–water partition coefficient (Wildman–Crippen LogP) is 3.71. The average Bonchev–Trinajstić information content (AvgIpc) is 3.37. The maximum atomic E-state index is 13.0. The molecule has 1 N–H and O–H groups in total. The number of rotatable bonds is 5. The molecule has 3 heterocycles. The van der Waals surface area contributed by atoms with Gasteiger partial charge in [0, 0.05) is 30.6 Å². The number of nitro benzene ring substituents is 1. The Morgan fingerprint density at radius 2 is 2.07 bits per heavy atom. The summed E-state index contributed by atoms with van der Waals surface area (Å²) in [7, 11) is 0. The molecule has 3 aromatic rings. The van der Waals surface area contributed by atoms with E-state index >= 15 is 0 Å². The second kappa shape index (κ2) is 8.02. The first-order valence-electron chi connectivity index (χ1n) is 8.96. The molecule has 1 saturated heterocycles. The topological polar surface area (TPSA) is 111 Å². The Hall–Kier alpha value is -3.24. The Balaban J connectivity index is 1.60. The van der Waals surface area contributed by atoms with Crippen molar-refractivity contribution >= 4 is 33.8 Å². The van der Waals surface area contributed by atoms with Crippen molar-refractivity contribution in [3.05, 3.63) is 57.1 Å². The number of anilines is 2. The van der Waals surface area contributed by atoms with E-state index in [0.717, 1.165) is 5.76 Å². The molecule has 2 aromatic heterocycles. The van der Waals surface area contributed by atoms with Crippen molar-refractivity contribution in [2.75, 3.05) is 36.5 Å². The third-order valence-corrected chi connectivity index (χ3v) is 5.26. The largest absolute Gasteiger partial charge is 0.460 e. The van der Waals surface area contributed by atoms with Crippen molar-refractivity contribution in [1.29, 1.82) is 0 Å². The molecule has 0 aliphatic carbocycles. The summed E-state index contributed by atoms with van der Waals surface area (Å²) in [6, 6.07) is 7.96. The summed E-state index contributed by atoms with van der Waals surface area (Å²) in [5.41, 5.74) is 1.34. The molecule has 150 valence electrons. The van der Waals surface area contributed by atoms with Crippen LogP contribution in [0.4, 0.5) is 16.5 Å². The fourth-order valence-corrected chi connectivity index (χ4v) is 3.78. The summed E-state index contributed by atoms with van der Waals surface area (Å²) in [5, 5.41) is 16.1. The van der Waals surface area contributed by atoms with E-state index in [1.165, 1.54) is 23.5 Å². The van der Waals surface area contributed by atoms with Crippen molar-refractivity contribution in [3.63, 3.8) is 0 Å². The molecule has 29 heavy (non-hydrogen) atoms. The number of thiazole rings is 1. The maximum absolute atomic E-state index is 13.0. The number of carbonyl (C=O) groups is 1. The zero-order valence-corrected chi connectivity index (χ0v) is 16.4. The normalized spacial score (nSPS) is 14.0. The van der Waals surface area contributed by atoms with E-state index in [9.17, 15) is 14.9 Å². The lowest BCUT2D eigenvalue weighted by Crippen LogP contribution is -2.37. The van der Waals surface area contributed by atoms with Crippen LogP contribution < -0.4 is 10.2 Å². The van der Waals surface area contributed by atoms with E-state index in [-0.39, 0.29) is 11.3 Å². The second-order valence-corrected chi connectivity index (χ2v) is 7.32. The third kappa shape index (κ3) is 4.13. The Bertz CT molecular complexity index is 1050. The molecular weight excluding hydrogens is 396 g/mol. The first-order chi connectivity index (χ1) is 14.0. The number of furan rings is 1. The zero-order valence-electron chi connectivity index (χ0n) is 15.6. The van der Waals surface area contributed by atoms with Crippen LogP contribution in [0.5, 0.6) is 0 Å². The number of ether oxygens (including phenoxy) is 1. The SMILES string of the molecule is Cc1ccc(-c2csc(NC(=O)c3cc([N+](=O)[O-])ccc3N3CCOCC3)n2)o1. The molecule has 1 aliphatic rings. The first kappa shape index (κ1) is 19.1. The van der Waals surface area contributed by atoms with Crippen LogP contribution in [-0.2, 0) is 4.74 Å².